The first kappa shape index (κ1) is 13.0. The molecule has 106 valence electrons. The monoisotopic (exact) mass is 284 g/mol. The molecular weight excluding hydrogens is 272 g/mol. The van der Waals surface area contributed by atoms with E-state index in [0.717, 1.165) is 5.56 Å². The van der Waals surface area contributed by atoms with Crippen molar-refractivity contribution in [2.24, 2.45) is 0 Å². The van der Waals surface area contributed by atoms with Gasteiger partial charge in [0.15, 0.2) is 5.69 Å². The summed E-state index contributed by atoms with van der Waals surface area (Å²) in [5, 5.41) is 20.8. The van der Waals surface area contributed by atoms with Crippen molar-refractivity contribution < 1.29 is 14.4 Å². The normalized spacial score (nSPS) is 10.7. The number of aryl methyl sites for hydroxylation is 1. The van der Waals surface area contributed by atoms with Gasteiger partial charge in [-0.15, -0.1) is 5.10 Å². The van der Waals surface area contributed by atoms with Crippen LogP contribution < -0.4 is 0 Å². The van der Waals surface area contributed by atoms with E-state index in [1.807, 2.05) is 30.3 Å². The zero-order valence-corrected chi connectivity index (χ0v) is 11.2. The molecule has 2 aromatic heterocycles. The Balaban J connectivity index is 2.07. The summed E-state index contributed by atoms with van der Waals surface area (Å²) >= 11 is 0. The van der Waals surface area contributed by atoms with Gasteiger partial charge in [0, 0.05) is 11.6 Å². The number of hydrogen-bond acceptors (Lipinski definition) is 5. The zero-order chi connectivity index (χ0) is 14.8. The first-order valence-corrected chi connectivity index (χ1v) is 6.29. The lowest BCUT2D eigenvalue weighted by Crippen LogP contribution is -2.06. The number of aromatic nitrogens is 4. The van der Waals surface area contributed by atoms with E-state index in [1.165, 1.54) is 4.68 Å². The molecule has 0 bridgehead atoms. The Bertz CT molecular complexity index is 777. The van der Waals surface area contributed by atoms with E-state index in [9.17, 15) is 9.90 Å². The highest BCUT2D eigenvalue weighted by molar-refractivity contribution is 5.92. The summed E-state index contributed by atoms with van der Waals surface area (Å²) in [6, 6.07) is 10.9. The summed E-state index contributed by atoms with van der Waals surface area (Å²) in [4.78, 5) is 11.3. The molecule has 0 spiro atoms. The van der Waals surface area contributed by atoms with Crippen LogP contribution in [0, 0.1) is 6.92 Å². The largest absolute Gasteiger partial charge is 0.476 e. The third kappa shape index (κ3) is 2.53. The van der Waals surface area contributed by atoms with Gasteiger partial charge in [-0.3, -0.25) is 0 Å². The number of carboxylic acids is 1. The fourth-order valence-corrected chi connectivity index (χ4v) is 2.10. The molecule has 0 unspecified atom stereocenters. The molecule has 7 heteroatoms. The molecule has 0 aliphatic carbocycles. The van der Waals surface area contributed by atoms with E-state index in [2.05, 4.69) is 15.5 Å². The lowest BCUT2D eigenvalue weighted by molar-refractivity contribution is 0.0691. The summed E-state index contributed by atoms with van der Waals surface area (Å²) in [7, 11) is 0. The minimum absolute atomic E-state index is 0.0820. The number of aromatic carboxylic acids is 1. The van der Waals surface area contributed by atoms with E-state index in [0.29, 0.717) is 23.7 Å². The van der Waals surface area contributed by atoms with Crippen LogP contribution in [0.5, 0.6) is 0 Å². The number of benzene rings is 1. The molecule has 0 atom stereocenters. The molecule has 0 fully saturated rings. The summed E-state index contributed by atoms with van der Waals surface area (Å²) < 4.78 is 6.52. The molecule has 1 N–H and O–H groups in total. The van der Waals surface area contributed by atoms with Gasteiger partial charge in [0.1, 0.15) is 17.1 Å². The van der Waals surface area contributed by atoms with Gasteiger partial charge >= 0.3 is 5.97 Å². The van der Waals surface area contributed by atoms with Crippen LogP contribution in [0.2, 0.25) is 0 Å². The van der Waals surface area contributed by atoms with Crippen molar-refractivity contribution in [2.75, 3.05) is 0 Å². The van der Waals surface area contributed by atoms with Gasteiger partial charge in [0.2, 0.25) is 0 Å². The molecule has 0 aliphatic rings. The maximum absolute atomic E-state index is 11.3. The molecule has 0 aliphatic heterocycles. The minimum Gasteiger partial charge on any atom is -0.476 e. The van der Waals surface area contributed by atoms with Crippen molar-refractivity contribution in [3.63, 3.8) is 0 Å². The van der Waals surface area contributed by atoms with Crippen LogP contribution in [0.25, 0.3) is 11.3 Å². The maximum atomic E-state index is 11.3. The van der Waals surface area contributed by atoms with Gasteiger partial charge in [0.25, 0.3) is 0 Å². The molecule has 7 nitrogen and oxygen atoms in total. The quantitative estimate of drug-likeness (QED) is 0.787. The fourth-order valence-electron chi connectivity index (χ4n) is 2.10. The Morgan fingerprint density at radius 3 is 2.71 bits per heavy atom. The third-order valence-electron chi connectivity index (χ3n) is 2.97. The average Bonchev–Trinajstić information content (AvgIpc) is 3.07. The molecule has 3 aromatic rings. The van der Waals surface area contributed by atoms with E-state index >= 15 is 0 Å². The van der Waals surface area contributed by atoms with Gasteiger partial charge in [0.05, 0.1) is 6.54 Å². The van der Waals surface area contributed by atoms with E-state index in [-0.39, 0.29) is 5.69 Å². The Labute approximate surface area is 119 Å². The second kappa shape index (κ2) is 5.20. The summed E-state index contributed by atoms with van der Waals surface area (Å²) in [5.41, 5.74) is 1.76. The Hall–Kier alpha value is -2.96. The number of hydrogen-bond donors (Lipinski definition) is 1. The molecule has 1 aromatic carbocycles. The van der Waals surface area contributed by atoms with Gasteiger partial charge in [-0.1, -0.05) is 40.7 Å². The summed E-state index contributed by atoms with van der Waals surface area (Å²) in [6.45, 7) is 2.08. The number of carboxylic acid groups (broad SMARTS) is 1. The van der Waals surface area contributed by atoms with Crippen LogP contribution in [0.1, 0.15) is 21.9 Å². The summed E-state index contributed by atoms with van der Waals surface area (Å²) in [5.74, 6) is -0.429. The fraction of sp³-hybridized carbons (Fsp3) is 0.143. The molecule has 0 radical (unpaired) electrons. The number of nitrogens with zero attached hydrogens (tertiary/aromatic N) is 4. The average molecular weight is 284 g/mol. The van der Waals surface area contributed by atoms with E-state index in [4.69, 9.17) is 4.52 Å². The zero-order valence-electron chi connectivity index (χ0n) is 11.2. The van der Waals surface area contributed by atoms with Gasteiger partial charge in [-0.25, -0.2) is 9.48 Å². The standard InChI is InChI=1S/C14H12N4O3/c1-9-7-11(16-21-9)8-18-13(10-5-3-2-4-6-10)12(14(19)20)15-17-18/h2-7H,8H2,1H3,(H,19,20). The van der Waals surface area contributed by atoms with E-state index in [1.54, 1.807) is 13.0 Å². The predicted octanol–water partition coefficient (Wildman–Crippen LogP) is 1.99. The van der Waals surface area contributed by atoms with Gasteiger partial charge in [-0.05, 0) is 6.92 Å². The van der Waals surface area contributed by atoms with Crippen molar-refractivity contribution >= 4 is 5.97 Å². The SMILES string of the molecule is Cc1cc(Cn2nnc(C(=O)O)c2-c2ccccc2)no1. The number of rotatable bonds is 4. The number of carbonyl (C=O) groups is 1. The summed E-state index contributed by atoms with van der Waals surface area (Å²) in [6.07, 6.45) is 0. The lowest BCUT2D eigenvalue weighted by atomic mass is 10.1. The first-order valence-electron chi connectivity index (χ1n) is 6.29. The van der Waals surface area contributed by atoms with Crippen molar-refractivity contribution in [3.05, 3.63) is 53.5 Å². The Kier molecular flexibility index (Phi) is 3.23. The van der Waals surface area contributed by atoms with Crippen molar-refractivity contribution in [2.45, 2.75) is 13.5 Å². The minimum atomic E-state index is -1.11. The van der Waals surface area contributed by atoms with E-state index < -0.39 is 5.97 Å². The predicted molar refractivity (Wildman–Crippen MR) is 72.8 cm³/mol. The molecule has 2 heterocycles. The van der Waals surface area contributed by atoms with Crippen molar-refractivity contribution in [3.8, 4) is 11.3 Å². The first-order chi connectivity index (χ1) is 10.1. The topological polar surface area (TPSA) is 94.0 Å². The molecule has 3 rings (SSSR count). The Morgan fingerprint density at radius 2 is 2.10 bits per heavy atom. The van der Waals surface area contributed by atoms with Crippen LogP contribution in [0.4, 0.5) is 0 Å². The van der Waals surface area contributed by atoms with Crippen LogP contribution >= 0.6 is 0 Å². The lowest BCUT2D eigenvalue weighted by Gasteiger charge is -2.05. The van der Waals surface area contributed by atoms with Crippen LogP contribution in [-0.4, -0.2) is 31.2 Å². The van der Waals surface area contributed by atoms with Gasteiger partial charge < -0.3 is 9.63 Å². The van der Waals surface area contributed by atoms with Crippen molar-refractivity contribution in [1.82, 2.24) is 20.2 Å². The molecular formula is C14H12N4O3. The molecule has 0 saturated carbocycles. The highest BCUT2D eigenvalue weighted by Gasteiger charge is 2.21. The Morgan fingerprint density at radius 1 is 1.33 bits per heavy atom. The van der Waals surface area contributed by atoms with Crippen LogP contribution in [0.3, 0.4) is 0 Å². The van der Waals surface area contributed by atoms with Crippen LogP contribution in [-0.2, 0) is 6.54 Å². The van der Waals surface area contributed by atoms with Crippen LogP contribution in [0.15, 0.2) is 40.9 Å². The second-order valence-corrected chi connectivity index (χ2v) is 4.54. The molecule has 0 amide bonds. The third-order valence-corrected chi connectivity index (χ3v) is 2.97. The highest BCUT2D eigenvalue weighted by Crippen LogP contribution is 2.22. The molecule has 0 saturated heterocycles. The second-order valence-electron chi connectivity index (χ2n) is 4.54. The van der Waals surface area contributed by atoms with Crippen molar-refractivity contribution in [1.29, 1.82) is 0 Å². The van der Waals surface area contributed by atoms with Gasteiger partial charge in [-0.2, -0.15) is 0 Å². The smallest absolute Gasteiger partial charge is 0.358 e. The highest BCUT2D eigenvalue weighted by atomic mass is 16.5. The molecule has 21 heavy (non-hydrogen) atoms. The maximum Gasteiger partial charge on any atom is 0.358 e.